The summed E-state index contributed by atoms with van der Waals surface area (Å²) >= 11 is 12.4. The molecule has 3 aromatic carbocycles. The highest BCUT2D eigenvalue weighted by molar-refractivity contribution is 6.42. The van der Waals surface area contributed by atoms with Gasteiger partial charge in [-0.05, 0) is 54.6 Å². The van der Waals surface area contributed by atoms with Crippen LogP contribution in [0.25, 0.3) is 11.4 Å². The quantitative estimate of drug-likeness (QED) is 0.240. The van der Waals surface area contributed by atoms with Gasteiger partial charge >= 0.3 is 6.18 Å². The van der Waals surface area contributed by atoms with Crippen LogP contribution in [0.15, 0.2) is 73.1 Å². The van der Waals surface area contributed by atoms with Crippen molar-refractivity contribution in [1.82, 2.24) is 19.8 Å². The maximum atomic E-state index is 14.2. The largest absolute Gasteiger partial charge is 0.419 e. The molecule has 1 aliphatic heterocycles. The minimum atomic E-state index is -4.77. The number of amides is 1. The van der Waals surface area contributed by atoms with Crippen molar-refractivity contribution in [3.05, 3.63) is 111 Å². The van der Waals surface area contributed by atoms with Crippen LogP contribution in [0.4, 0.5) is 17.6 Å². The van der Waals surface area contributed by atoms with E-state index >= 15 is 0 Å². The number of aromatic amines is 1. The molecular weight excluding hydrogens is 567 g/mol. The standard InChI is InChI=1S/C29H24Cl2F4N4O/c1-38(14-17-2-8-22(25(32)12-17)29(33,34)35)26-16-39(15-21(26)20-7-9-23(30)24(31)13-20)28(40)19-5-3-18(4-6-19)27-36-10-11-37-27/h2-13,21,26H,14-16H2,1H3,(H,36,37)/t21-,26-/m1/s1. The SMILES string of the molecule is CN(Cc1ccc(C(F)(F)F)c(F)c1)[C@@H]1CN(C(=O)c2ccc(-c3ncc[nH]3)cc2)C[C@@H]1c1ccc(Cl)c(Cl)c1. The number of imidazole rings is 1. The molecule has 0 unspecified atom stereocenters. The number of halogens is 6. The number of aromatic nitrogens is 2. The maximum absolute atomic E-state index is 14.2. The fraction of sp³-hybridized carbons (Fsp3) is 0.241. The van der Waals surface area contributed by atoms with Crippen molar-refractivity contribution in [2.24, 2.45) is 0 Å². The molecule has 1 saturated heterocycles. The van der Waals surface area contributed by atoms with Gasteiger partial charge in [0.15, 0.2) is 0 Å². The van der Waals surface area contributed by atoms with Crippen molar-refractivity contribution in [2.45, 2.75) is 24.7 Å². The molecule has 5 rings (SSSR count). The van der Waals surface area contributed by atoms with Gasteiger partial charge in [-0.15, -0.1) is 0 Å². The number of rotatable bonds is 6. The molecule has 208 valence electrons. The number of hydrogen-bond donors (Lipinski definition) is 1. The number of alkyl halides is 3. The second kappa shape index (κ2) is 11.2. The summed E-state index contributed by atoms with van der Waals surface area (Å²) in [5, 5.41) is 0.779. The number of nitrogens with one attached hydrogen (secondary N) is 1. The molecule has 2 heterocycles. The van der Waals surface area contributed by atoms with Crippen molar-refractivity contribution >= 4 is 29.1 Å². The lowest BCUT2D eigenvalue weighted by molar-refractivity contribution is -0.140. The Morgan fingerprint density at radius 3 is 2.42 bits per heavy atom. The number of H-pyrrole nitrogens is 1. The number of likely N-dealkylation sites (N-methyl/N-ethyl adjacent to an activating group) is 1. The molecule has 0 bridgehead atoms. The van der Waals surface area contributed by atoms with E-state index in [2.05, 4.69) is 9.97 Å². The molecule has 11 heteroatoms. The van der Waals surface area contributed by atoms with Gasteiger partial charge in [-0.3, -0.25) is 9.69 Å². The third-order valence-corrected chi connectivity index (χ3v) is 7.93. The highest BCUT2D eigenvalue weighted by Gasteiger charge is 2.39. The molecule has 40 heavy (non-hydrogen) atoms. The predicted molar refractivity (Wildman–Crippen MR) is 146 cm³/mol. The lowest BCUT2D eigenvalue weighted by atomic mass is 9.93. The summed E-state index contributed by atoms with van der Waals surface area (Å²) in [6, 6.07) is 15.2. The summed E-state index contributed by atoms with van der Waals surface area (Å²) in [5.41, 5.74) is 1.31. The molecule has 0 aliphatic carbocycles. The van der Waals surface area contributed by atoms with Crippen molar-refractivity contribution < 1.29 is 22.4 Å². The van der Waals surface area contributed by atoms with Crippen LogP contribution in [0.3, 0.4) is 0 Å². The maximum Gasteiger partial charge on any atom is 0.419 e. The van der Waals surface area contributed by atoms with Crippen molar-refractivity contribution in [2.75, 3.05) is 20.1 Å². The number of likely N-dealkylation sites (tertiary alicyclic amines) is 1. The molecule has 1 amide bonds. The molecule has 4 aromatic rings. The lowest BCUT2D eigenvalue weighted by Gasteiger charge is -2.29. The average molecular weight is 591 g/mol. The van der Waals surface area contributed by atoms with Gasteiger partial charge in [0.2, 0.25) is 0 Å². The normalized spacial score (nSPS) is 17.6. The van der Waals surface area contributed by atoms with E-state index in [1.54, 1.807) is 48.6 Å². The third kappa shape index (κ3) is 5.87. The third-order valence-electron chi connectivity index (χ3n) is 7.19. The van der Waals surface area contributed by atoms with Crippen LogP contribution in [-0.4, -0.2) is 51.9 Å². The highest BCUT2D eigenvalue weighted by atomic mass is 35.5. The fourth-order valence-electron chi connectivity index (χ4n) is 5.14. The number of nitrogens with zero attached hydrogens (tertiary/aromatic N) is 3. The Bertz CT molecular complexity index is 1510. The molecule has 1 aromatic heterocycles. The zero-order valence-electron chi connectivity index (χ0n) is 21.2. The van der Waals surface area contributed by atoms with Crippen LogP contribution in [0.5, 0.6) is 0 Å². The van der Waals surface area contributed by atoms with E-state index in [0.29, 0.717) is 40.1 Å². The predicted octanol–water partition coefficient (Wildman–Crippen LogP) is 7.28. The molecule has 1 aliphatic rings. The van der Waals surface area contributed by atoms with Gasteiger partial charge in [0.25, 0.3) is 5.91 Å². The van der Waals surface area contributed by atoms with E-state index in [4.69, 9.17) is 23.2 Å². The molecule has 0 spiro atoms. The van der Waals surface area contributed by atoms with Crippen LogP contribution in [0.2, 0.25) is 10.0 Å². The first-order valence-corrected chi connectivity index (χ1v) is 13.2. The first-order valence-electron chi connectivity index (χ1n) is 12.4. The zero-order chi connectivity index (χ0) is 28.6. The van der Waals surface area contributed by atoms with E-state index in [9.17, 15) is 22.4 Å². The summed E-state index contributed by atoms with van der Waals surface area (Å²) in [6.07, 6.45) is -1.40. The molecule has 5 nitrogen and oxygen atoms in total. The summed E-state index contributed by atoms with van der Waals surface area (Å²) in [7, 11) is 1.80. The lowest BCUT2D eigenvalue weighted by Crippen LogP contribution is -2.38. The van der Waals surface area contributed by atoms with Gasteiger partial charge in [-0.25, -0.2) is 9.37 Å². The Labute approximate surface area is 238 Å². The molecular formula is C29H24Cl2F4N4O. The summed E-state index contributed by atoms with van der Waals surface area (Å²) < 4.78 is 53.3. The van der Waals surface area contributed by atoms with Crippen LogP contribution in [0, 0.1) is 5.82 Å². The number of benzene rings is 3. The van der Waals surface area contributed by atoms with Gasteiger partial charge in [-0.1, -0.05) is 47.5 Å². The van der Waals surface area contributed by atoms with Gasteiger partial charge in [0.1, 0.15) is 11.6 Å². The topological polar surface area (TPSA) is 52.2 Å². The second-order valence-corrected chi connectivity index (χ2v) is 10.6. The summed E-state index contributed by atoms with van der Waals surface area (Å²) in [5.74, 6) is -0.958. The van der Waals surface area contributed by atoms with Crippen LogP contribution >= 0.6 is 23.2 Å². The molecule has 1 N–H and O–H groups in total. The minimum Gasteiger partial charge on any atom is -0.345 e. The Kier molecular flexibility index (Phi) is 7.90. The van der Waals surface area contributed by atoms with Crippen molar-refractivity contribution in [3.63, 3.8) is 0 Å². The van der Waals surface area contributed by atoms with E-state index in [-0.39, 0.29) is 24.4 Å². The summed E-state index contributed by atoms with van der Waals surface area (Å²) in [4.78, 5) is 24.4. The van der Waals surface area contributed by atoms with E-state index in [1.165, 1.54) is 6.07 Å². The number of carbonyl (C=O) groups is 1. The van der Waals surface area contributed by atoms with Crippen LogP contribution < -0.4 is 0 Å². The average Bonchev–Trinajstić information content (AvgIpc) is 3.60. The highest BCUT2D eigenvalue weighted by Crippen LogP contribution is 2.36. The monoisotopic (exact) mass is 590 g/mol. The van der Waals surface area contributed by atoms with Crippen LogP contribution in [0.1, 0.15) is 33.0 Å². The molecule has 0 radical (unpaired) electrons. The van der Waals surface area contributed by atoms with Gasteiger partial charge < -0.3 is 9.88 Å². The van der Waals surface area contributed by atoms with Crippen molar-refractivity contribution in [1.29, 1.82) is 0 Å². The first kappa shape index (κ1) is 28.1. The molecule has 0 saturated carbocycles. The Balaban J connectivity index is 1.39. The smallest absolute Gasteiger partial charge is 0.345 e. The second-order valence-electron chi connectivity index (χ2n) is 9.80. The molecule has 1 fully saturated rings. The van der Waals surface area contributed by atoms with Crippen molar-refractivity contribution in [3.8, 4) is 11.4 Å². The van der Waals surface area contributed by atoms with Crippen LogP contribution in [-0.2, 0) is 12.7 Å². The van der Waals surface area contributed by atoms with E-state index < -0.39 is 17.6 Å². The zero-order valence-corrected chi connectivity index (χ0v) is 22.7. The molecule has 2 atom stereocenters. The minimum absolute atomic E-state index is 0.160. The number of hydrogen-bond acceptors (Lipinski definition) is 3. The first-order chi connectivity index (χ1) is 19.0. The Morgan fingerprint density at radius 2 is 1.80 bits per heavy atom. The summed E-state index contributed by atoms with van der Waals surface area (Å²) in [6.45, 7) is 0.911. The van der Waals surface area contributed by atoms with Gasteiger partial charge in [0, 0.05) is 55.1 Å². The fourth-order valence-corrected chi connectivity index (χ4v) is 5.44. The Morgan fingerprint density at radius 1 is 1.05 bits per heavy atom. The Hall–Kier alpha value is -3.40. The van der Waals surface area contributed by atoms with Gasteiger partial charge in [0.05, 0.1) is 15.6 Å². The number of carbonyl (C=O) groups excluding carboxylic acids is 1. The van der Waals surface area contributed by atoms with E-state index in [1.807, 2.05) is 23.1 Å². The van der Waals surface area contributed by atoms with E-state index in [0.717, 1.165) is 23.3 Å². The van der Waals surface area contributed by atoms with Gasteiger partial charge in [-0.2, -0.15) is 13.2 Å².